The highest BCUT2D eigenvalue weighted by atomic mass is 32.2. The third kappa shape index (κ3) is 8.24. The lowest BCUT2D eigenvalue weighted by atomic mass is 9.84. The number of ether oxygens (including phenoxy) is 2. The van der Waals surface area contributed by atoms with Gasteiger partial charge in [0.05, 0.1) is 23.4 Å². The number of nitrogens with zero attached hydrogens (tertiary/aromatic N) is 1. The van der Waals surface area contributed by atoms with E-state index in [1.165, 1.54) is 0 Å². The van der Waals surface area contributed by atoms with Crippen molar-refractivity contribution in [3.8, 4) is 16.9 Å². The molecule has 0 bridgehead atoms. The highest BCUT2D eigenvalue weighted by Gasteiger charge is 2.54. The van der Waals surface area contributed by atoms with Crippen LogP contribution in [0.1, 0.15) is 55.8 Å². The van der Waals surface area contributed by atoms with E-state index in [1.54, 1.807) is 54.6 Å². The maximum absolute atomic E-state index is 14.5. The summed E-state index contributed by atoms with van der Waals surface area (Å²) in [6.45, 7) is 0.388. The van der Waals surface area contributed by atoms with Crippen LogP contribution < -0.4 is 15.6 Å². The lowest BCUT2D eigenvalue weighted by Gasteiger charge is -2.32. The molecule has 0 aromatic heterocycles. The molecule has 4 N–H and O–H groups in total. The van der Waals surface area contributed by atoms with E-state index in [0.717, 1.165) is 11.1 Å². The first kappa shape index (κ1) is 35.3. The number of carbonyl (C=O) groups excluding carboxylic acids is 1. The number of aliphatic imine (C=N–C) groups is 1. The van der Waals surface area contributed by atoms with Crippen LogP contribution in [0.15, 0.2) is 119 Å². The van der Waals surface area contributed by atoms with Gasteiger partial charge in [0, 0.05) is 31.1 Å². The summed E-state index contributed by atoms with van der Waals surface area (Å²) in [5.74, 6) is -0.0511. The zero-order chi connectivity index (χ0) is 35.0. The molecule has 1 aliphatic heterocycles. The van der Waals surface area contributed by atoms with Crippen molar-refractivity contribution in [2.45, 2.75) is 67.2 Å². The number of hydrazine groups is 1. The van der Waals surface area contributed by atoms with Gasteiger partial charge in [-0.1, -0.05) is 72.8 Å². The van der Waals surface area contributed by atoms with E-state index in [2.05, 4.69) is 10.9 Å². The predicted octanol–water partition coefficient (Wildman–Crippen LogP) is 5.16. The van der Waals surface area contributed by atoms with E-state index in [1.807, 2.05) is 54.6 Å². The van der Waals surface area contributed by atoms with Crippen molar-refractivity contribution >= 4 is 21.6 Å². The summed E-state index contributed by atoms with van der Waals surface area (Å²) in [7, 11) is -3.80. The van der Waals surface area contributed by atoms with Gasteiger partial charge in [-0.2, -0.15) is 0 Å². The Bertz CT molecular complexity index is 1850. The Balaban J connectivity index is 1.37. The van der Waals surface area contributed by atoms with Gasteiger partial charge in [-0.25, -0.2) is 18.8 Å². The first-order valence-corrected chi connectivity index (χ1v) is 18.7. The fraction of sp³-hybridized carbons (Fsp3) is 0.333. The van der Waals surface area contributed by atoms with Crippen LogP contribution in [-0.2, 0) is 19.4 Å². The smallest absolute Gasteiger partial charge is 0.266 e. The summed E-state index contributed by atoms with van der Waals surface area (Å²) in [5, 5.41) is 19.1. The van der Waals surface area contributed by atoms with Gasteiger partial charge in [0.15, 0.2) is 21.5 Å². The summed E-state index contributed by atoms with van der Waals surface area (Å²) >= 11 is 0. The number of sulfone groups is 1. The molecule has 0 spiro atoms. The van der Waals surface area contributed by atoms with Gasteiger partial charge in [-0.3, -0.25) is 10.2 Å². The fourth-order valence-electron chi connectivity index (χ4n) is 6.38. The molecule has 1 saturated carbocycles. The second kappa shape index (κ2) is 16.0. The maximum atomic E-state index is 14.5. The molecule has 11 heteroatoms. The first-order valence-electron chi connectivity index (χ1n) is 17.1. The Morgan fingerprint density at radius 1 is 0.840 bits per heavy atom. The molecule has 2 atom stereocenters. The number of benzene rings is 4. The van der Waals surface area contributed by atoms with Crippen molar-refractivity contribution in [1.29, 1.82) is 0 Å². The summed E-state index contributed by atoms with van der Waals surface area (Å²) in [5.41, 5.74) is 7.63. The number of aliphatic hydroxyl groups is 2. The van der Waals surface area contributed by atoms with E-state index in [-0.39, 0.29) is 41.7 Å². The van der Waals surface area contributed by atoms with Crippen LogP contribution >= 0.6 is 0 Å². The minimum Gasteiger partial charge on any atom is -0.494 e. The van der Waals surface area contributed by atoms with Crippen molar-refractivity contribution in [2.24, 2.45) is 4.99 Å². The van der Waals surface area contributed by atoms with Crippen LogP contribution in [0, 0.1) is 0 Å². The molecular weight excluding hydrogens is 655 g/mol. The average molecular weight is 698 g/mol. The second-order valence-electron chi connectivity index (χ2n) is 12.8. The van der Waals surface area contributed by atoms with Gasteiger partial charge < -0.3 is 19.7 Å². The number of amides is 1. The number of rotatable bonds is 14. The van der Waals surface area contributed by atoms with E-state index in [9.17, 15) is 18.3 Å². The molecule has 6 rings (SSSR count). The van der Waals surface area contributed by atoms with E-state index >= 15 is 0 Å². The maximum Gasteiger partial charge on any atom is 0.266 e. The van der Waals surface area contributed by atoms with Crippen molar-refractivity contribution in [1.82, 2.24) is 10.9 Å². The minimum atomic E-state index is -3.80. The fourth-order valence-corrected chi connectivity index (χ4v) is 7.77. The molecule has 10 nitrogen and oxygen atoms in total. The monoisotopic (exact) mass is 697 g/mol. The second-order valence-corrected chi connectivity index (χ2v) is 14.9. The summed E-state index contributed by atoms with van der Waals surface area (Å²) in [6.07, 6.45) is 1.63. The molecule has 4 aromatic carbocycles. The molecule has 50 heavy (non-hydrogen) atoms. The molecular formula is C39H43N3O7S. The van der Waals surface area contributed by atoms with Gasteiger partial charge in [0.2, 0.25) is 5.90 Å². The van der Waals surface area contributed by atoms with Crippen LogP contribution in [0.4, 0.5) is 0 Å². The highest BCUT2D eigenvalue weighted by Crippen LogP contribution is 2.43. The zero-order valence-electron chi connectivity index (χ0n) is 27.8. The lowest BCUT2D eigenvalue weighted by Crippen LogP contribution is -2.56. The molecule has 262 valence electrons. The predicted molar refractivity (Wildman–Crippen MR) is 191 cm³/mol. The van der Waals surface area contributed by atoms with Gasteiger partial charge in [-0.15, -0.1) is 0 Å². The molecule has 0 unspecified atom stereocenters. The molecule has 1 heterocycles. The Morgan fingerprint density at radius 3 is 2.12 bits per heavy atom. The van der Waals surface area contributed by atoms with Crippen molar-refractivity contribution < 1.29 is 32.9 Å². The van der Waals surface area contributed by atoms with E-state index < -0.39 is 27.4 Å². The van der Waals surface area contributed by atoms with Crippen LogP contribution in [-0.4, -0.2) is 67.1 Å². The van der Waals surface area contributed by atoms with Crippen LogP contribution in [0.5, 0.6) is 5.75 Å². The average Bonchev–Trinajstić information content (AvgIpc) is 3.56. The summed E-state index contributed by atoms with van der Waals surface area (Å²) in [6, 6.07) is 32.9. The van der Waals surface area contributed by atoms with Crippen molar-refractivity contribution in [3.63, 3.8) is 0 Å². The number of hydrogen-bond donors (Lipinski definition) is 4. The van der Waals surface area contributed by atoms with Crippen molar-refractivity contribution in [2.75, 3.05) is 19.0 Å². The zero-order valence-corrected chi connectivity index (χ0v) is 28.6. The van der Waals surface area contributed by atoms with Gasteiger partial charge in [0.1, 0.15) is 5.75 Å². The topological polar surface area (TPSA) is 147 Å². The lowest BCUT2D eigenvalue weighted by molar-refractivity contribution is -0.130. The Hall–Kier alpha value is -4.55. The Kier molecular flexibility index (Phi) is 11.3. The largest absolute Gasteiger partial charge is 0.494 e. The minimum absolute atomic E-state index is 0.0259. The molecule has 1 amide bonds. The van der Waals surface area contributed by atoms with Gasteiger partial charge in [0.25, 0.3) is 5.91 Å². The molecule has 4 aromatic rings. The summed E-state index contributed by atoms with van der Waals surface area (Å²) in [4.78, 5) is 19.7. The third-order valence-electron chi connectivity index (χ3n) is 9.29. The third-order valence-corrected chi connectivity index (χ3v) is 11.0. The first-order chi connectivity index (χ1) is 24.3. The molecule has 2 aliphatic rings. The Morgan fingerprint density at radius 2 is 1.46 bits per heavy atom. The SMILES string of the molecule is O=C(NNC1CCC(O)CC1)[C@@]1(CCS(=O)(=O)c2ccccc2)N=C(c2ccc(OCCCO)cc2)O[C@H]1c1ccc(-c2ccccc2)cc1. The number of hydrogen-bond acceptors (Lipinski definition) is 9. The molecule has 1 aliphatic carbocycles. The number of carbonyl (C=O) groups is 1. The van der Waals surface area contributed by atoms with Gasteiger partial charge in [-0.05, 0) is 78.8 Å². The highest BCUT2D eigenvalue weighted by molar-refractivity contribution is 7.91. The molecule has 1 fully saturated rings. The van der Waals surface area contributed by atoms with Crippen molar-refractivity contribution in [3.05, 3.63) is 120 Å². The number of aliphatic hydroxyl groups excluding tert-OH is 2. The number of nitrogens with one attached hydrogen (secondary N) is 2. The van der Waals surface area contributed by atoms with Crippen LogP contribution in [0.2, 0.25) is 0 Å². The quantitative estimate of drug-likeness (QED) is 0.104. The Labute approximate surface area is 293 Å². The van der Waals surface area contributed by atoms with E-state index in [4.69, 9.17) is 19.6 Å². The molecule has 0 radical (unpaired) electrons. The van der Waals surface area contributed by atoms with Gasteiger partial charge >= 0.3 is 0 Å². The van der Waals surface area contributed by atoms with E-state index in [0.29, 0.717) is 55.6 Å². The molecule has 0 saturated heterocycles. The summed E-state index contributed by atoms with van der Waals surface area (Å²) < 4.78 is 39.6. The van der Waals surface area contributed by atoms with Crippen LogP contribution in [0.25, 0.3) is 11.1 Å². The normalized spacial score (nSPS) is 22.0. The standard InChI is InChI=1S/C39H43N3O7S/c43-25-7-26-48-34-22-16-31(17-23-34)37-40-39(24-27-50(46,47)35-10-5-2-6-11-35,38(45)42-41-32-18-20-33(44)21-19-32)36(49-37)30-14-12-29(13-15-30)28-8-3-1-4-9-28/h1-6,8-17,22-23,32-33,36,41,43-44H,7,18-21,24-27H2,(H,42,45)/t32?,33?,36-,39-/m0/s1. The van der Waals surface area contributed by atoms with Crippen LogP contribution in [0.3, 0.4) is 0 Å².